The zero-order valence-corrected chi connectivity index (χ0v) is 11.1. The Bertz CT molecular complexity index is 356. The second kappa shape index (κ2) is 6.34. The van der Waals surface area contributed by atoms with Gasteiger partial charge in [-0.05, 0) is 37.6 Å². The minimum atomic E-state index is 0.652. The van der Waals surface area contributed by atoms with Crippen molar-refractivity contribution in [1.29, 1.82) is 0 Å². The fraction of sp³-hybridized carbons (Fsp3) is 0.615. The van der Waals surface area contributed by atoms with Crippen LogP contribution in [0.1, 0.15) is 25.3 Å². The number of nitrogens with one attached hydrogen (secondary N) is 1. The molecule has 94 valence electrons. The lowest BCUT2D eigenvalue weighted by atomic mass is 10.2. The third-order valence-corrected chi connectivity index (χ3v) is 3.70. The van der Waals surface area contributed by atoms with Gasteiger partial charge in [0.25, 0.3) is 0 Å². The van der Waals surface area contributed by atoms with Gasteiger partial charge in [0.15, 0.2) is 0 Å². The van der Waals surface area contributed by atoms with Crippen LogP contribution in [-0.2, 0) is 6.54 Å². The summed E-state index contributed by atoms with van der Waals surface area (Å²) >= 11 is 6.15. The number of likely N-dealkylation sites (tertiary alicyclic amines) is 1. The molecule has 1 fully saturated rings. The second-order valence-corrected chi connectivity index (χ2v) is 4.95. The molecule has 0 bridgehead atoms. The van der Waals surface area contributed by atoms with E-state index in [0.29, 0.717) is 6.04 Å². The maximum Gasteiger partial charge on any atom is 0.0634 e. The van der Waals surface area contributed by atoms with Crippen LogP contribution < -0.4 is 5.32 Å². The van der Waals surface area contributed by atoms with E-state index in [1.807, 2.05) is 12.3 Å². The maximum atomic E-state index is 6.15. The monoisotopic (exact) mass is 253 g/mol. The van der Waals surface area contributed by atoms with E-state index < -0.39 is 0 Å². The van der Waals surface area contributed by atoms with Crippen molar-refractivity contribution in [2.45, 2.75) is 32.4 Å². The van der Waals surface area contributed by atoms with Gasteiger partial charge in [0.1, 0.15) is 0 Å². The largest absolute Gasteiger partial charge is 0.315 e. The molecule has 3 nitrogen and oxygen atoms in total. The van der Waals surface area contributed by atoms with E-state index in [0.717, 1.165) is 24.7 Å². The highest BCUT2D eigenvalue weighted by atomic mass is 35.5. The summed E-state index contributed by atoms with van der Waals surface area (Å²) < 4.78 is 0. The molecular formula is C13H20ClN3. The summed E-state index contributed by atoms with van der Waals surface area (Å²) in [5.74, 6) is 0. The third kappa shape index (κ3) is 3.41. The second-order valence-electron chi connectivity index (χ2n) is 4.54. The van der Waals surface area contributed by atoms with Gasteiger partial charge in [-0.25, -0.2) is 0 Å². The molecule has 0 radical (unpaired) electrons. The normalized spacial score (nSPS) is 20.9. The van der Waals surface area contributed by atoms with Gasteiger partial charge in [-0.1, -0.05) is 18.5 Å². The Morgan fingerprint density at radius 1 is 1.59 bits per heavy atom. The first-order chi connectivity index (χ1) is 8.31. The van der Waals surface area contributed by atoms with Gasteiger partial charge in [0.2, 0.25) is 0 Å². The molecular weight excluding hydrogens is 234 g/mol. The van der Waals surface area contributed by atoms with Crippen molar-refractivity contribution in [3.8, 4) is 0 Å². The lowest BCUT2D eigenvalue weighted by Crippen LogP contribution is -2.37. The van der Waals surface area contributed by atoms with Gasteiger partial charge in [-0.15, -0.1) is 0 Å². The summed E-state index contributed by atoms with van der Waals surface area (Å²) in [7, 11) is 0. The molecule has 1 N–H and O–H groups in total. The Morgan fingerprint density at radius 3 is 3.24 bits per heavy atom. The quantitative estimate of drug-likeness (QED) is 0.873. The predicted octanol–water partition coefficient (Wildman–Crippen LogP) is 2.31. The molecule has 0 aromatic carbocycles. The number of pyridine rings is 1. The van der Waals surface area contributed by atoms with Crippen LogP contribution in [0.3, 0.4) is 0 Å². The molecule has 0 spiro atoms. The highest BCUT2D eigenvalue weighted by Crippen LogP contribution is 2.22. The van der Waals surface area contributed by atoms with Crippen LogP contribution in [0.5, 0.6) is 0 Å². The first kappa shape index (κ1) is 12.8. The molecule has 0 amide bonds. The molecule has 1 aliphatic rings. The SMILES string of the molecule is CCNCC1CCCN1Cc1ccncc1Cl. The van der Waals surface area contributed by atoms with E-state index in [4.69, 9.17) is 11.6 Å². The van der Waals surface area contributed by atoms with E-state index in [2.05, 4.69) is 22.1 Å². The standard InChI is InChI=1S/C13H20ClN3/c1-2-15-8-12-4-3-7-17(12)10-11-5-6-16-9-13(11)14/h5-6,9,12,15H,2-4,7-8,10H2,1H3. The van der Waals surface area contributed by atoms with Crippen LogP contribution >= 0.6 is 11.6 Å². The van der Waals surface area contributed by atoms with E-state index in [1.54, 1.807) is 6.20 Å². The molecule has 1 aromatic heterocycles. The Hall–Kier alpha value is -0.640. The van der Waals surface area contributed by atoms with Crippen molar-refractivity contribution in [3.05, 3.63) is 29.0 Å². The van der Waals surface area contributed by atoms with Gasteiger partial charge < -0.3 is 5.32 Å². The van der Waals surface area contributed by atoms with Crippen LogP contribution in [0.4, 0.5) is 0 Å². The van der Waals surface area contributed by atoms with Gasteiger partial charge in [0.05, 0.1) is 5.02 Å². The number of rotatable bonds is 5. The Balaban J connectivity index is 1.95. The van der Waals surface area contributed by atoms with Crippen molar-refractivity contribution in [2.24, 2.45) is 0 Å². The van der Waals surface area contributed by atoms with Crippen LogP contribution in [0.25, 0.3) is 0 Å². The average molecular weight is 254 g/mol. The number of aromatic nitrogens is 1. The van der Waals surface area contributed by atoms with Gasteiger partial charge in [-0.3, -0.25) is 9.88 Å². The summed E-state index contributed by atoms with van der Waals surface area (Å²) in [4.78, 5) is 6.54. The molecule has 17 heavy (non-hydrogen) atoms. The summed E-state index contributed by atoms with van der Waals surface area (Å²) in [6.07, 6.45) is 6.12. The Labute approximate surface area is 108 Å². The smallest absolute Gasteiger partial charge is 0.0634 e. The molecule has 2 rings (SSSR count). The molecule has 0 saturated carbocycles. The molecule has 1 aliphatic heterocycles. The summed E-state index contributed by atoms with van der Waals surface area (Å²) in [5, 5.41) is 4.21. The lowest BCUT2D eigenvalue weighted by molar-refractivity contribution is 0.240. The van der Waals surface area contributed by atoms with E-state index in [9.17, 15) is 0 Å². The molecule has 4 heteroatoms. The Kier molecular flexibility index (Phi) is 4.77. The summed E-state index contributed by atoms with van der Waals surface area (Å²) in [6.45, 7) is 6.39. The summed E-state index contributed by atoms with van der Waals surface area (Å²) in [6, 6.07) is 2.67. The zero-order valence-electron chi connectivity index (χ0n) is 10.3. The van der Waals surface area contributed by atoms with E-state index in [1.165, 1.54) is 24.9 Å². The number of hydrogen-bond donors (Lipinski definition) is 1. The number of hydrogen-bond acceptors (Lipinski definition) is 3. The van der Waals surface area contributed by atoms with Crippen molar-refractivity contribution in [2.75, 3.05) is 19.6 Å². The fourth-order valence-electron chi connectivity index (χ4n) is 2.40. The van der Waals surface area contributed by atoms with Crippen LogP contribution in [-0.4, -0.2) is 35.6 Å². The molecule has 0 aliphatic carbocycles. The van der Waals surface area contributed by atoms with Crippen molar-refractivity contribution in [1.82, 2.24) is 15.2 Å². The Morgan fingerprint density at radius 2 is 2.47 bits per heavy atom. The third-order valence-electron chi connectivity index (χ3n) is 3.36. The van der Waals surface area contributed by atoms with Crippen LogP contribution in [0.2, 0.25) is 5.02 Å². The highest BCUT2D eigenvalue weighted by Gasteiger charge is 2.24. The van der Waals surface area contributed by atoms with Crippen molar-refractivity contribution in [3.63, 3.8) is 0 Å². The topological polar surface area (TPSA) is 28.2 Å². The van der Waals surface area contributed by atoms with Crippen molar-refractivity contribution < 1.29 is 0 Å². The maximum absolute atomic E-state index is 6.15. The lowest BCUT2D eigenvalue weighted by Gasteiger charge is -2.25. The van der Waals surface area contributed by atoms with Crippen LogP contribution in [0.15, 0.2) is 18.5 Å². The predicted molar refractivity (Wildman–Crippen MR) is 71.2 cm³/mol. The first-order valence-electron chi connectivity index (χ1n) is 6.34. The summed E-state index contributed by atoms with van der Waals surface area (Å²) in [5.41, 5.74) is 1.19. The highest BCUT2D eigenvalue weighted by molar-refractivity contribution is 6.31. The number of likely N-dealkylation sites (N-methyl/N-ethyl adjacent to an activating group) is 1. The number of nitrogens with zero attached hydrogens (tertiary/aromatic N) is 2. The minimum Gasteiger partial charge on any atom is -0.315 e. The van der Waals surface area contributed by atoms with Gasteiger partial charge in [0, 0.05) is 31.5 Å². The van der Waals surface area contributed by atoms with E-state index in [-0.39, 0.29) is 0 Å². The van der Waals surface area contributed by atoms with Crippen molar-refractivity contribution >= 4 is 11.6 Å². The minimum absolute atomic E-state index is 0.652. The first-order valence-corrected chi connectivity index (χ1v) is 6.72. The molecule has 2 heterocycles. The van der Waals surface area contributed by atoms with Gasteiger partial charge >= 0.3 is 0 Å². The number of halogens is 1. The fourth-order valence-corrected chi connectivity index (χ4v) is 2.58. The van der Waals surface area contributed by atoms with Crippen LogP contribution in [0, 0.1) is 0 Å². The average Bonchev–Trinajstić information content (AvgIpc) is 2.77. The molecule has 1 unspecified atom stereocenters. The molecule has 1 atom stereocenters. The van der Waals surface area contributed by atoms with Gasteiger partial charge in [-0.2, -0.15) is 0 Å². The molecule has 1 aromatic rings. The zero-order chi connectivity index (χ0) is 12.1. The molecule has 1 saturated heterocycles. The van der Waals surface area contributed by atoms with E-state index >= 15 is 0 Å².